The maximum Gasteiger partial charge on any atom is 0.264 e. The number of amides is 1. The molecular weight excluding hydrogens is 470 g/mol. The first kappa shape index (κ1) is 23.8. The Morgan fingerprint density at radius 1 is 0.917 bits per heavy atom. The molecule has 0 heterocycles. The van der Waals surface area contributed by atoms with Crippen LogP contribution in [-0.4, -0.2) is 27.1 Å². The van der Waals surface area contributed by atoms with E-state index in [4.69, 9.17) is 0 Å². The van der Waals surface area contributed by atoms with Gasteiger partial charge in [-0.15, -0.1) is 0 Å². The monoisotopic (exact) mass is 497 g/mol. The smallest absolute Gasteiger partial charge is 0.264 e. The number of nitrogens with one attached hydrogen (secondary N) is 1. The van der Waals surface area contributed by atoms with E-state index in [0.29, 0.717) is 5.69 Å². The topological polar surface area (TPSA) is 78.8 Å². The van der Waals surface area contributed by atoms with Gasteiger partial charge in [0.25, 0.3) is 15.9 Å². The molecule has 1 amide bonds. The normalized spacial score (nSPS) is 12.8. The van der Waals surface area contributed by atoms with E-state index in [2.05, 4.69) is 28.7 Å². The molecule has 0 aromatic heterocycles. The molecule has 0 unspecified atom stereocenters. The summed E-state index contributed by atoms with van der Waals surface area (Å²) in [4.78, 5) is 13.0. The Kier molecular flexibility index (Phi) is 6.33. The van der Waals surface area contributed by atoms with Crippen LogP contribution < -0.4 is 9.73 Å². The van der Waals surface area contributed by atoms with Crippen LogP contribution in [0.15, 0.2) is 88.9 Å². The van der Waals surface area contributed by atoms with Gasteiger partial charge in [-0.1, -0.05) is 54.6 Å². The molecule has 0 atom stereocenters. The highest BCUT2D eigenvalue weighted by Gasteiger charge is 2.27. The second kappa shape index (κ2) is 9.59. The van der Waals surface area contributed by atoms with Crippen molar-refractivity contribution in [2.45, 2.75) is 31.6 Å². The van der Waals surface area contributed by atoms with Crippen LogP contribution in [0, 0.1) is 13.8 Å². The lowest BCUT2D eigenvalue weighted by Crippen LogP contribution is -2.39. The Bertz CT molecular complexity index is 1590. The van der Waals surface area contributed by atoms with E-state index in [1.54, 1.807) is 36.5 Å². The van der Waals surface area contributed by atoms with Crippen molar-refractivity contribution >= 4 is 38.6 Å². The molecule has 6 nitrogen and oxygen atoms in total. The SMILES string of the molecule is Cc1ccc(N(CC(=O)N/N=C\c2ccc3c4c(cccc24)CC3)S(=O)(=O)c2ccccc2)cc1C. The standard InChI is InChI=1S/C29H27N3O3S/c1-20-11-16-25(17-21(20)2)32(36(34,35)26-8-4-3-5-9-26)19-28(33)31-30-18-24-15-14-23-13-12-22-7-6-10-27(24)29(22)23/h3-11,14-18H,12-13,19H2,1-2H3,(H,31,33)/b30-18-. The van der Waals surface area contributed by atoms with Crippen molar-refractivity contribution in [2.24, 2.45) is 5.10 Å². The summed E-state index contributed by atoms with van der Waals surface area (Å²) in [6, 6.07) is 23.8. The van der Waals surface area contributed by atoms with Crippen molar-refractivity contribution in [1.82, 2.24) is 5.43 Å². The number of sulfonamides is 1. The number of hydrazone groups is 1. The van der Waals surface area contributed by atoms with Crippen molar-refractivity contribution in [3.05, 3.63) is 107 Å². The highest BCUT2D eigenvalue weighted by Crippen LogP contribution is 2.32. The fourth-order valence-electron chi connectivity index (χ4n) is 4.64. The summed E-state index contributed by atoms with van der Waals surface area (Å²) in [5.74, 6) is -0.532. The van der Waals surface area contributed by atoms with Crippen molar-refractivity contribution in [1.29, 1.82) is 0 Å². The van der Waals surface area contributed by atoms with Crippen LogP contribution in [0.3, 0.4) is 0 Å². The van der Waals surface area contributed by atoms with Crippen molar-refractivity contribution < 1.29 is 13.2 Å². The van der Waals surface area contributed by atoms with Crippen molar-refractivity contribution in [2.75, 3.05) is 10.8 Å². The molecule has 182 valence electrons. The lowest BCUT2D eigenvalue weighted by molar-refractivity contribution is -0.119. The number of hydrogen-bond acceptors (Lipinski definition) is 4. The van der Waals surface area contributed by atoms with Gasteiger partial charge in [0.15, 0.2) is 0 Å². The zero-order valence-corrected chi connectivity index (χ0v) is 21.0. The van der Waals surface area contributed by atoms with Crippen LogP contribution in [0.1, 0.15) is 27.8 Å². The highest BCUT2D eigenvalue weighted by molar-refractivity contribution is 7.92. The molecule has 0 fully saturated rings. The molecule has 5 rings (SSSR count). The minimum atomic E-state index is -3.97. The second-order valence-corrected chi connectivity index (χ2v) is 10.9. The number of benzene rings is 4. The third kappa shape index (κ3) is 4.50. The lowest BCUT2D eigenvalue weighted by Gasteiger charge is -2.24. The molecule has 36 heavy (non-hydrogen) atoms. The summed E-state index contributed by atoms with van der Waals surface area (Å²) in [5, 5.41) is 6.53. The molecule has 0 saturated carbocycles. The number of carbonyl (C=O) groups excluding carboxylic acids is 1. The van der Waals surface area contributed by atoms with Crippen LogP contribution in [0.2, 0.25) is 0 Å². The Morgan fingerprint density at radius 3 is 2.42 bits per heavy atom. The minimum Gasteiger partial charge on any atom is -0.271 e. The first-order valence-corrected chi connectivity index (χ1v) is 13.3. The maximum atomic E-state index is 13.5. The summed E-state index contributed by atoms with van der Waals surface area (Å²) in [6.07, 6.45) is 3.69. The van der Waals surface area contributed by atoms with Gasteiger partial charge < -0.3 is 0 Å². The van der Waals surface area contributed by atoms with E-state index < -0.39 is 22.5 Å². The van der Waals surface area contributed by atoms with Gasteiger partial charge in [0.2, 0.25) is 0 Å². The van der Waals surface area contributed by atoms with Gasteiger partial charge in [0.1, 0.15) is 6.54 Å². The summed E-state index contributed by atoms with van der Waals surface area (Å²) >= 11 is 0. The molecule has 1 aliphatic carbocycles. The molecule has 0 aliphatic heterocycles. The van der Waals surface area contributed by atoms with E-state index in [-0.39, 0.29) is 4.90 Å². The minimum absolute atomic E-state index is 0.118. The van der Waals surface area contributed by atoms with Gasteiger partial charge in [0, 0.05) is 5.56 Å². The maximum absolute atomic E-state index is 13.5. The van der Waals surface area contributed by atoms with Crippen LogP contribution in [0.5, 0.6) is 0 Å². The molecule has 4 aromatic carbocycles. The zero-order chi connectivity index (χ0) is 25.3. The quantitative estimate of drug-likeness (QED) is 0.291. The average molecular weight is 498 g/mol. The summed E-state index contributed by atoms with van der Waals surface area (Å²) in [7, 11) is -3.97. The summed E-state index contributed by atoms with van der Waals surface area (Å²) in [6.45, 7) is 3.46. The molecule has 1 aliphatic rings. The fourth-order valence-corrected chi connectivity index (χ4v) is 6.07. The predicted octanol–water partition coefficient (Wildman–Crippen LogP) is 4.90. The molecule has 0 spiro atoms. The van der Waals surface area contributed by atoms with Crippen LogP contribution in [-0.2, 0) is 27.7 Å². The molecule has 1 N–H and O–H groups in total. The van der Waals surface area contributed by atoms with E-state index in [9.17, 15) is 13.2 Å². The zero-order valence-electron chi connectivity index (χ0n) is 20.2. The Hall–Kier alpha value is -3.97. The Morgan fingerprint density at radius 2 is 1.67 bits per heavy atom. The number of aryl methyl sites for hydroxylation is 4. The Labute approximate surface area is 211 Å². The van der Waals surface area contributed by atoms with Crippen LogP contribution in [0.4, 0.5) is 5.69 Å². The lowest BCUT2D eigenvalue weighted by atomic mass is 10.0. The van der Waals surface area contributed by atoms with Gasteiger partial charge in [-0.05, 0) is 84.0 Å². The molecule has 7 heteroatoms. The number of nitrogens with zero attached hydrogens (tertiary/aromatic N) is 2. The van der Waals surface area contributed by atoms with E-state index >= 15 is 0 Å². The highest BCUT2D eigenvalue weighted by atomic mass is 32.2. The molecule has 0 radical (unpaired) electrons. The van der Waals surface area contributed by atoms with Gasteiger partial charge in [-0.2, -0.15) is 5.10 Å². The number of anilines is 1. The van der Waals surface area contributed by atoms with Gasteiger partial charge >= 0.3 is 0 Å². The number of carbonyl (C=O) groups is 1. The third-order valence-corrected chi connectivity index (χ3v) is 8.49. The summed E-state index contributed by atoms with van der Waals surface area (Å²) in [5.41, 5.74) is 8.48. The van der Waals surface area contributed by atoms with Gasteiger partial charge in [-0.25, -0.2) is 13.8 Å². The molecule has 0 bridgehead atoms. The van der Waals surface area contributed by atoms with Crippen molar-refractivity contribution in [3.8, 4) is 0 Å². The first-order valence-electron chi connectivity index (χ1n) is 11.8. The van der Waals surface area contributed by atoms with Gasteiger partial charge in [-0.3, -0.25) is 9.10 Å². The Balaban J connectivity index is 1.40. The van der Waals surface area contributed by atoms with E-state index in [0.717, 1.165) is 39.2 Å². The molecular formula is C29H27N3O3S. The number of hydrogen-bond donors (Lipinski definition) is 1. The third-order valence-electron chi connectivity index (χ3n) is 6.70. The van der Waals surface area contributed by atoms with E-state index in [1.165, 1.54) is 28.6 Å². The molecule has 0 saturated heterocycles. The van der Waals surface area contributed by atoms with Gasteiger partial charge in [0.05, 0.1) is 16.8 Å². The summed E-state index contributed by atoms with van der Waals surface area (Å²) < 4.78 is 28.1. The number of rotatable bonds is 7. The van der Waals surface area contributed by atoms with Crippen LogP contribution in [0.25, 0.3) is 10.8 Å². The fraction of sp³-hybridized carbons (Fsp3) is 0.172. The first-order chi connectivity index (χ1) is 17.3. The van der Waals surface area contributed by atoms with Crippen LogP contribution >= 0.6 is 0 Å². The van der Waals surface area contributed by atoms with E-state index in [1.807, 2.05) is 32.0 Å². The predicted molar refractivity (Wildman–Crippen MR) is 144 cm³/mol. The second-order valence-electron chi connectivity index (χ2n) is 9.04. The van der Waals surface area contributed by atoms with Crippen molar-refractivity contribution in [3.63, 3.8) is 0 Å². The largest absolute Gasteiger partial charge is 0.271 e. The average Bonchev–Trinajstić information content (AvgIpc) is 3.31. The molecule has 4 aromatic rings.